The summed E-state index contributed by atoms with van der Waals surface area (Å²) in [6.07, 6.45) is 44.4. The van der Waals surface area contributed by atoms with E-state index in [1.165, 1.54) is 122 Å². The molecule has 6 N–H and O–H groups in total. The molecular formula is C50H91NO8. The molecule has 1 saturated heterocycles. The number of carbonyl (C=O) groups is 1. The summed E-state index contributed by atoms with van der Waals surface area (Å²) < 4.78 is 11.2. The van der Waals surface area contributed by atoms with Crippen LogP contribution >= 0.6 is 0 Å². The van der Waals surface area contributed by atoms with Crippen LogP contribution in [0.3, 0.4) is 0 Å². The summed E-state index contributed by atoms with van der Waals surface area (Å²) >= 11 is 0. The van der Waals surface area contributed by atoms with Gasteiger partial charge in [0.2, 0.25) is 5.91 Å². The van der Waals surface area contributed by atoms with E-state index in [1.54, 1.807) is 6.08 Å². The number of carbonyl (C=O) groups excluding carboxylic acids is 1. The number of allylic oxidation sites excluding steroid dienone is 7. The van der Waals surface area contributed by atoms with Crippen LogP contribution in [0.15, 0.2) is 48.6 Å². The van der Waals surface area contributed by atoms with Gasteiger partial charge in [0, 0.05) is 6.42 Å². The number of aliphatic hydroxyl groups is 5. The van der Waals surface area contributed by atoms with Gasteiger partial charge in [-0.2, -0.15) is 0 Å². The molecule has 0 radical (unpaired) electrons. The minimum absolute atomic E-state index is 0.186. The standard InChI is InChI=1S/C50H91NO8/c1-3-5-7-9-11-13-15-17-18-19-20-21-22-23-24-25-26-28-30-32-34-36-38-40-46(54)51-43(42-58-50-49(57)48(56)47(55)45(41-52)59-50)44(53)39-37-35-33-31-29-27-16-14-12-10-8-6-4-2/h15,17,19-20,22-23,37,39,43-45,47-50,52-53,55-57H,3-14,16,18,21,24-36,38,40-42H2,1-2H3,(H,51,54)/b17-15-,20-19-,23-22-,39-37+. The minimum atomic E-state index is -1.57. The van der Waals surface area contributed by atoms with Gasteiger partial charge in [-0.05, 0) is 57.8 Å². The van der Waals surface area contributed by atoms with E-state index >= 15 is 0 Å². The van der Waals surface area contributed by atoms with Crippen molar-refractivity contribution in [1.29, 1.82) is 0 Å². The van der Waals surface area contributed by atoms with Crippen molar-refractivity contribution in [2.45, 2.75) is 249 Å². The molecule has 9 nitrogen and oxygen atoms in total. The van der Waals surface area contributed by atoms with Crippen LogP contribution < -0.4 is 5.32 Å². The molecule has 0 aromatic rings. The molecule has 1 amide bonds. The molecule has 59 heavy (non-hydrogen) atoms. The van der Waals surface area contributed by atoms with Gasteiger partial charge in [0.25, 0.3) is 0 Å². The maximum absolute atomic E-state index is 13.0. The quantitative estimate of drug-likeness (QED) is 0.0264. The van der Waals surface area contributed by atoms with Gasteiger partial charge in [-0.15, -0.1) is 0 Å². The molecule has 7 atom stereocenters. The molecule has 1 aliphatic rings. The zero-order valence-corrected chi connectivity index (χ0v) is 37.7. The van der Waals surface area contributed by atoms with Crippen LogP contribution in [0.5, 0.6) is 0 Å². The van der Waals surface area contributed by atoms with Crippen LogP contribution in [0.2, 0.25) is 0 Å². The third kappa shape index (κ3) is 30.8. The maximum Gasteiger partial charge on any atom is 0.220 e. The highest BCUT2D eigenvalue weighted by Gasteiger charge is 2.44. The van der Waals surface area contributed by atoms with E-state index in [9.17, 15) is 30.3 Å². The van der Waals surface area contributed by atoms with E-state index in [1.807, 2.05) is 6.08 Å². The van der Waals surface area contributed by atoms with Crippen molar-refractivity contribution < 1.29 is 39.8 Å². The lowest BCUT2D eigenvalue weighted by molar-refractivity contribution is -0.302. The molecule has 0 spiro atoms. The average molecular weight is 834 g/mol. The molecule has 344 valence electrons. The first-order valence-electron chi connectivity index (χ1n) is 24.4. The summed E-state index contributed by atoms with van der Waals surface area (Å²) in [6, 6.07) is -0.809. The Balaban J connectivity index is 2.30. The lowest BCUT2D eigenvalue weighted by Gasteiger charge is -2.40. The van der Waals surface area contributed by atoms with E-state index in [-0.39, 0.29) is 12.5 Å². The first-order valence-corrected chi connectivity index (χ1v) is 24.4. The zero-order chi connectivity index (χ0) is 43.0. The maximum atomic E-state index is 13.0. The lowest BCUT2D eigenvalue weighted by Crippen LogP contribution is -2.60. The summed E-state index contributed by atoms with van der Waals surface area (Å²) in [7, 11) is 0. The van der Waals surface area contributed by atoms with E-state index in [2.05, 4.69) is 55.6 Å². The Kier molecular flexibility index (Phi) is 37.6. The number of hydrogen-bond acceptors (Lipinski definition) is 8. The average Bonchev–Trinajstić information content (AvgIpc) is 3.23. The van der Waals surface area contributed by atoms with Gasteiger partial charge in [0.05, 0.1) is 25.4 Å². The van der Waals surface area contributed by atoms with Gasteiger partial charge in [-0.25, -0.2) is 0 Å². The Morgan fingerprint density at radius 2 is 1.00 bits per heavy atom. The summed E-state index contributed by atoms with van der Waals surface area (Å²) in [5.41, 5.74) is 0. The number of aliphatic hydroxyl groups excluding tert-OH is 5. The molecule has 0 aromatic carbocycles. The fraction of sp³-hybridized carbons (Fsp3) is 0.820. The highest BCUT2D eigenvalue weighted by Crippen LogP contribution is 2.22. The van der Waals surface area contributed by atoms with Crippen molar-refractivity contribution >= 4 is 5.91 Å². The van der Waals surface area contributed by atoms with Gasteiger partial charge in [0.1, 0.15) is 24.4 Å². The van der Waals surface area contributed by atoms with E-state index in [0.717, 1.165) is 64.2 Å². The first kappa shape index (κ1) is 55.2. The molecule has 1 rings (SSSR count). The third-order valence-electron chi connectivity index (χ3n) is 11.4. The van der Waals surface area contributed by atoms with Crippen molar-refractivity contribution in [3.8, 4) is 0 Å². The van der Waals surface area contributed by atoms with E-state index < -0.39 is 49.5 Å². The zero-order valence-electron chi connectivity index (χ0n) is 37.7. The van der Waals surface area contributed by atoms with Crippen molar-refractivity contribution in [2.75, 3.05) is 13.2 Å². The second kappa shape index (κ2) is 40.2. The van der Waals surface area contributed by atoms with Gasteiger partial charge >= 0.3 is 0 Å². The van der Waals surface area contributed by atoms with Gasteiger partial charge < -0.3 is 40.3 Å². The van der Waals surface area contributed by atoms with Crippen molar-refractivity contribution in [3.05, 3.63) is 48.6 Å². The van der Waals surface area contributed by atoms with E-state index in [4.69, 9.17) is 9.47 Å². The number of unbranched alkanes of at least 4 members (excludes halogenated alkanes) is 24. The summed E-state index contributed by atoms with van der Waals surface area (Å²) in [5.74, 6) is -0.186. The van der Waals surface area contributed by atoms with E-state index in [0.29, 0.717) is 6.42 Å². The number of ether oxygens (including phenoxy) is 2. The van der Waals surface area contributed by atoms with Crippen molar-refractivity contribution in [2.24, 2.45) is 0 Å². The summed E-state index contributed by atoms with van der Waals surface area (Å²) in [5, 5.41) is 54.2. The molecule has 0 saturated carbocycles. The Hall–Kier alpha value is -1.85. The van der Waals surface area contributed by atoms with Crippen LogP contribution in [0.25, 0.3) is 0 Å². The largest absolute Gasteiger partial charge is 0.394 e. The third-order valence-corrected chi connectivity index (χ3v) is 11.4. The second-order valence-corrected chi connectivity index (χ2v) is 16.9. The molecule has 9 heteroatoms. The lowest BCUT2D eigenvalue weighted by atomic mass is 9.99. The van der Waals surface area contributed by atoms with Gasteiger partial charge in [-0.3, -0.25) is 4.79 Å². The monoisotopic (exact) mass is 834 g/mol. The van der Waals surface area contributed by atoms with Crippen LogP contribution in [-0.4, -0.2) is 87.5 Å². The number of rotatable bonds is 40. The van der Waals surface area contributed by atoms with Crippen LogP contribution in [0, 0.1) is 0 Å². The predicted molar refractivity (Wildman–Crippen MR) is 244 cm³/mol. The molecular weight excluding hydrogens is 743 g/mol. The Bertz CT molecular complexity index is 1060. The Labute approximate surface area is 361 Å². The normalized spacial score (nSPS) is 21.1. The minimum Gasteiger partial charge on any atom is -0.394 e. The Morgan fingerprint density at radius 3 is 1.47 bits per heavy atom. The second-order valence-electron chi connectivity index (χ2n) is 16.9. The molecule has 0 aliphatic carbocycles. The molecule has 7 unspecified atom stereocenters. The highest BCUT2D eigenvalue weighted by molar-refractivity contribution is 5.76. The van der Waals surface area contributed by atoms with Gasteiger partial charge in [0.15, 0.2) is 6.29 Å². The molecule has 1 fully saturated rings. The topological polar surface area (TPSA) is 149 Å². The molecule has 0 aromatic heterocycles. The number of hydrogen-bond donors (Lipinski definition) is 6. The van der Waals surface area contributed by atoms with Crippen LogP contribution in [-0.2, 0) is 14.3 Å². The molecule has 1 aliphatic heterocycles. The Morgan fingerprint density at radius 1 is 0.576 bits per heavy atom. The number of nitrogens with one attached hydrogen (secondary N) is 1. The highest BCUT2D eigenvalue weighted by atomic mass is 16.7. The van der Waals surface area contributed by atoms with Gasteiger partial charge in [-0.1, -0.05) is 191 Å². The van der Waals surface area contributed by atoms with Crippen molar-refractivity contribution in [1.82, 2.24) is 5.32 Å². The molecule has 1 heterocycles. The summed E-state index contributed by atoms with van der Waals surface area (Å²) in [6.45, 7) is 3.75. The SMILES string of the molecule is CCCCCCC/C=C\C/C=C\C/C=C\CCCCCCCCCCC(=O)NC(COC1OC(CO)C(O)C(O)C1O)C(O)/C=C/CCCCCCCCCCCCC. The summed E-state index contributed by atoms with van der Waals surface area (Å²) in [4.78, 5) is 13.0. The molecule has 0 bridgehead atoms. The fourth-order valence-corrected chi connectivity index (χ4v) is 7.46. The van der Waals surface area contributed by atoms with Crippen LogP contribution in [0.4, 0.5) is 0 Å². The smallest absolute Gasteiger partial charge is 0.220 e. The fourth-order valence-electron chi connectivity index (χ4n) is 7.46. The first-order chi connectivity index (χ1) is 28.8. The van der Waals surface area contributed by atoms with Crippen LogP contribution in [0.1, 0.15) is 206 Å². The predicted octanol–water partition coefficient (Wildman–Crippen LogP) is 10.6. The number of amides is 1. The van der Waals surface area contributed by atoms with Crippen molar-refractivity contribution in [3.63, 3.8) is 0 Å².